The van der Waals surface area contributed by atoms with E-state index in [0.717, 1.165) is 19.3 Å². The van der Waals surface area contributed by atoms with E-state index in [9.17, 15) is 0 Å². The Morgan fingerprint density at radius 3 is 2.62 bits per heavy atom. The maximum atomic E-state index is 5.94. The van der Waals surface area contributed by atoms with Gasteiger partial charge in [0.25, 0.3) is 0 Å². The third-order valence-electron chi connectivity index (χ3n) is 2.08. The fraction of sp³-hybridized carbons (Fsp3) is 0.333. The minimum absolute atomic E-state index is 0.264. The molecule has 70 valence electrons. The van der Waals surface area contributed by atoms with Gasteiger partial charge in [-0.15, -0.1) is 6.58 Å². The van der Waals surface area contributed by atoms with Gasteiger partial charge < -0.3 is 5.73 Å². The van der Waals surface area contributed by atoms with Gasteiger partial charge in [-0.05, 0) is 24.8 Å². The molecule has 0 heterocycles. The quantitative estimate of drug-likeness (QED) is 0.684. The molecule has 0 aliphatic heterocycles. The normalized spacial score (nSPS) is 12.4. The van der Waals surface area contributed by atoms with E-state index in [1.165, 1.54) is 5.56 Å². The lowest BCUT2D eigenvalue weighted by atomic mass is 10.0. The predicted molar refractivity (Wildman–Crippen MR) is 57.6 cm³/mol. The highest BCUT2D eigenvalue weighted by Crippen LogP contribution is 2.05. The van der Waals surface area contributed by atoms with Crippen molar-refractivity contribution in [3.63, 3.8) is 0 Å². The fourth-order valence-corrected chi connectivity index (χ4v) is 1.35. The van der Waals surface area contributed by atoms with E-state index in [4.69, 9.17) is 5.73 Å². The lowest BCUT2D eigenvalue weighted by molar-refractivity contribution is 0.618. The average molecular weight is 175 g/mol. The van der Waals surface area contributed by atoms with Gasteiger partial charge in [0, 0.05) is 6.04 Å². The van der Waals surface area contributed by atoms with E-state index in [0.29, 0.717) is 0 Å². The summed E-state index contributed by atoms with van der Waals surface area (Å²) in [5, 5.41) is 0. The van der Waals surface area contributed by atoms with Crippen LogP contribution in [0, 0.1) is 0 Å². The molecule has 1 rings (SSSR count). The maximum absolute atomic E-state index is 5.94. The molecule has 0 spiro atoms. The van der Waals surface area contributed by atoms with Gasteiger partial charge >= 0.3 is 0 Å². The molecular formula is C12H17N. The summed E-state index contributed by atoms with van der Waals surface area (Å²) in [5.74, 6) is 0. The Labute approximate surface area is 80.3 Å². The van der Waals surface area contributed by atoms with Crippen molar-refractivity contribution in [3.05, 3.63) is 48.6 Å². The predicted octanol–water partition coefficient (Wildman–Crippen LogP) is 2.52. The molecule has 0 saturated carbocycles. The van der Waals surface area contributed by atoms with E-state index >= 15 is 0 Å². The van der Waals surface area contributed by atoms with Crippen LogP contribution in [0.5, 0.6) is 0 Å². The molecule has 1 aromatic rings. The van der Waals surface area contributed by atoms with Crippen molar-refractivity contribution in [2.45, 2.75) is 25.3 Å². The largest absolute Gasteiger partial charge is 0.327 e. The van der Waals surface area contributed by atoms with E-state index in [-0.39, 0.29) is 6.04 Å². The second-order valence-corrected chi connectivity index (χ2v) is 3.32. The molecule has 0 fully saturated rings. The second-order valence-electron chi connectivity index (χ2n) is 3.32. The molecule has 0 amide bonds. The van der Waals surface area contributed by atoms with Gasteiger partial charge in [-0.1, -0.05) is 36.4 Å². The van der Waals surface area contributed by atoms with Crippen LogP contribution in [0.4, 0.5) is 0 Å². The number of allylic oxidation sites excluding steroid dienone is 1. The molecule has 2 N–H and O–H groups in total. The minimum atomic E-state index is 0.264. The summed E-state index contributed by atoms with van der Waals surface area (Å²) in [6, 6.07) is 10.6. The van der Waals surface area contributed by atoms with Crippen LogP contribution in [0.15, 0.2) is 43.0 Å². The zero-order valence-electron chi connectivity index (χ0n) is 7.95. The molecule has 1 nitrogen and oxygen atoms in total. The van der Waals surface area contributed by atoms with Crippen molar-refractivity contribution in [1.29, 1.82) is 0 Å². The first kappa shape index (κ1) is 10.0. The number of nitrogens with two attached hydrogens (primary N) is 1. The molecule has 0 bridgehead atoms. The lowest BCUT2D eigenvalue weighted by Gasteiger charge is -2.09. The van der Waals surface area contributed by atoms with Crippen molar-refractivity contribution in [1.82, 2.24) is 0 Å². The highest BCUT2D eigenvalue weighted by molar-refractivity contribution is 5.15. The summed E-state index contributed by atoms with van der Waals surface area (Å²) in [7, 11) is 0. The first-order valence-corrected chi connectivity index (χ1v) is 4.73. The summed E-state index contributed by atoms with van der Waals surface area (Å²) in [4.78, 5) is 0. The Morgan fingerprint density at radius 1 is 1.31 bits per heavy atom. The topological polar surface area (TPSA) is 26.0 Å². The molecule has 0 saturated heterocycles. The smallest absolute Gasteiger partial charge is 0.00822 e. The van der Waals surface area contributed by atoms with Crippen LogP contribution in [0.25, 0.3) is 0 Å². The van der Waals surface area contributed by atoms with Gasteiger partial charge in [0.05, 0.1) is 0 Å². The lowest BCUT2D eigenvalue weighted by Crippen LogP contribution is -2.22. The number of hydrogen-bond acceptors (Lipinski definition) is 1. The Balaban J connectivity index is 2.36. The molecule has 0 unspecified atom stereocenters. The monoisotopic (exact) mass is 175 g/mol. The zero-order valence-corrected chi connectivity index (χ0v) is 7.95. The van der Waals surface area contributed by atoms with Crippen LogP contribution < -0.4 is 5.73 Å². The average Bonchev–Trinajstić information content (AvgIpc) is 2.16. The van der Waals surface area contributed by atoms with Crippen LogP contribution in [-0.2, 0) is 6.42 Å². The van der Waals surface area contributed by atoms with Crippen LogP contribution >= 0.6 is 0 Å². The maximum Gasteiger partial charge on any atom is 0.00822 e. The molecule has 0 radical (unpaired) electrons. The van der Waals surface area contributed by atoms with Gasteiger partial charge in [0.1, 0.15) is 0 Å². The molecule has 1 aromatic carbocycles. The first-order chi connectivity index (χ1) is 6.33. The Kier molecular flexibility index (Phi) is 4.27. The van der Waals surface area contributed by atoms with E-state index < -0.39 is 0 Å². The van der Waals surface area contributed by atoms with Gasteiger partial charge in [-0.3, -0.25) is 0 Å². The van der Waals surface area contributed by atoms with E-state index in [2.05, 4.69) is 30.8 Å². The van der Waals surface area contributed by atoms with Crippen molar-refractivity contribution >= 4 is 0 Å². The van der Waals surface area contributed by atoms with Crippen LogP contribution in [0.2, 0.25) is 0 Å². The summed E-state index contributed by atoms with van der Waals surface area (Å²) < 4.78 is 0. The van der Waals surface area contributed by atoms with Gasteiger partial charge in [-0.2, -0.15) is 0 Å². The summed E-state index contributed by atoms with van der Waals surface area (Å²) in [5.41, 5.74) is 7.26. The van der Waals surface area contributed by atoms with Crippen LogP contribution in [0.3, 0.4) is 0 Å². The fourth-order valence-electron chi connectivity index (χ4n) is 1.35. The minimum Gasteiger partial charge on any atom is -0.327 e. The number of rotatable bonds is 5. The number of hydrogen-bond donors (Lipinski definition) is 1. The van der Waals surface area contributed by atoms with Crippen molar-refractivity contribution in [3.8, 4) is 0 Å². The van der Waals surface area contributed by atoms with Crippen molar-refractivity contribution < 1.29 is 0 Å². The van der Waals surface area contributed by atoms with E-state index in [1.54, 1.807) is 0 Å². The standard InChI is InChI=1S/C12H17N/c1-2-3-9-12(13)10-11-7-5-4-6-8-11/h2,4-8,12H,1,3,9-10,13H2/t12-/m1/s1. The van der Waals surface area contributed by atoms with Crippen molar-refractivity contribution in [2.24, 2.45) is 5.73 Å². The Morgan fingerprint density at radius 2 is 2.00 bits per heavy atom. The summed E-state index contributed by atoms with van der Waals surface area (Å²) >= 11 is 0. The summed E-state index contributed by atoms with van der Waals surface area (Å²) in [6.45, 7) is 3.68. The van der Waals surface area contributed by atoms with Crippen molar-refractivity contribution in [2.75, 3.05) is 0 Å². The number of benzene rings is 1. The molecule has 13 heavy (non-hydrogen) atoms. The highest BCUT2D eigenvalue weighted by Gasteiger charge is 2.01. The molecular weight excluding hydrogens is 158 g/mol. The molecule has 0 aromatic heterocycles. The van der Waals surface area contributed by atoms with Crippen LogP contribution in [0.1, 0.15) is 18.4 Å². The van der Waals surface area contributed by atoms with E-state index in [1.807, 2.05) is 12.1 Å². The third kappa shape index (κ3) is 3.90. The zero-order chi connectivity index (χ0) is 9.52. The molecule has 1 atom stereocenters. The van der Waals surface area contributed by atoms with Gasteiger partial charge in [-0.25, -0.2) is 0 Å². The Hall–Kier alpha value is -1.08. The highest BCUT2D eigenvalue weighted by atomic mass is 14.6. The summed E-state index contributed by atoms with van der Waals surface area (Å²) in [6.07, 6.45) is 4.92. The first-order valence-electron chi connectivity index (χ1n) is 4.73. The Bertz CT molecular complexity index is 241. The third-order valence-corrected chi connectivity index (χ3v) is 2.08. The SMILES string of the molecule is C=CCC[C@@H](N)Cc1ccccc1. The van der Waals surface area contributed by atoms with Gasteiger partial charge in [0.15, 0.2) is 0 Å². The molecule has 1 heteroatoms. The molecule has 0 aliphatic rings. The van der Waals surface area contributed by atoms with Gasteiger partial charge in [0.2, 0.25) is 0 Å². The molecule has 0 aliphatic carbocycles. The van der Waals surface area contributed by atoms with Crippen LogP contribution in [-0.4, -0.2) is 6.04 Å². The second kappa shape index (κ2) is 5.55.